The Kier molecular flexibility index (Phi) is 5.04. The molecule has 0 aliphatic rings. The van der Waals surface area contributed by atoms with E-state index in [1.54, 1.807) is 31.0 Å². The van der Waals surface area contributed by atoms with E-state index in [0.717, 1.165) is 16.2 Å². The highest BCUT2D eigenvalue weighted by Crippen LogP contribution is 2.37. The molecule has 0 aliphatic carbocycles. The molecule has 2 aromatic carbocycles. The molecule has 0 saturated heterocycles. The van der Waals surface area contributed by atoms with E-state index in [1.807, 2.05) is 31.2 Å². The van der Waals surface area contributed by atoms with Crippen LogP contribution in [-0.2, 0) is 0 Å². The number of hydrogen-bond acceptors (Lipinski definition) is 3. The van der Waals surface area contributed by atoms with Crippen molar-refractivity contribution < 1.29 is 9.13 Å². The number of rotatable bonds is 5. The summed E-state index contributed by atoms with van der Waals surface area (Å²) in [5.74, 6) is 0.597. The van der Waals surface area contributed by atoms with Gasteiger partial charge in [0, 0.05) is 16.2 Å². The predicted octanol–water partition coefficient (Wildman–Crippen LogP) is 4.01. The largest absolute Gasteiger partial charge is 0.497 e. The molecule has 2 nitrogen and oxygen atoms in total. The van der Waals surface area contributed by atoms with Gasteiger partial charge in [-0.25, -0.2) is 4.39 Å². The number of hydrogen-bond donors (Lipinski definition) is 1. The number of methoxy groups -OCH3 is 1. The maximum absolute atomic E-state index is 13.0. The van der Waals surface area contributed by atoms with Gasteiger partial charge in [-0.1, -0.05) is 12.1 Å². The van der Waals surface area contributed by atoms with E-state index in [4.69, 9.17) is 10.5 Å². The molecule has 0 saturated carbocycles. The van der Waals surface area contributed by atoms with Gasteiger partial charge in [0.05, 0.1) is 7.11 Å². The van der Waals surface area contributed by atoms with Crippen LogP contribution in [-0.4, -0.2) is 13.2 Å². The smallest absolute Gasteiger partial charge is 0.123 e. The van der Waals surface area contributed by atoms with Gasteiger partial charge in [-0.05, 0) is 48.9 Å². The lowest BCUT2D eigenvalue weighted by molar-refractivity contribution is 0.414. The summed E-state index contributed by atoms with van der Waals surface area (Å²) in [6.45, 7) is 1.96. The molecule has 2 N–H and O–H groups in total. The summed E-state index contributed by atoms with van der Waals surface area (Å²) in [7, 11) is 1.64. The van der Waals surface area contributed by atoms with Gasteiger partial charge < -0.3 is 10.5 Å². The Morgan fingerprint density at radius 1 is 1.05 bits per heavy atom. The second-order valence-corrected chi connectivity index (χ2v) is 5.84. The summed E-state index contributed by atoms with van der Waals surface area (Å²) in [6.07, 6.45) is 0. The second-order valence-electron chi connectivity index (χ2n) is 4.62. The minimum Gasteiger partial charge on any atom is -0.497 e. The molecule has 2 unspecified atom stereocenters. The van der Waals surface area contributed by atoms with E-state index in [-0.39, 0.29) is 17.1 Å². The average Bonchev–Trinajstić information content (AvgIpc) is 2.46. The SMILES string of the molecule is COc1ccc(SC(c2ccc(F)cc2)C(C)N)cc1. The van der Waals surface area contributed by atoms with Crippen LogP contribution in [0.4, 0.5) is 4.39 Å². The van der Waals surface area contributed by atoms with Crippen LogP contribution < -0.4 is 10.5 Å². The Morgan fingerprint density at radius 2 is 1.65 bits per heavy atom. The van der Waals surface area contributed by atoms with Crippen molar-refractivity contribution in [2.75, 3.05) is 7.11 Å². The summed E-state index contributed by atoms with van der Waals surface area (Å²) in [4.78, 5) is 1.11. The average molecular weight is 291 g/mol. The van der Waals surface area contributed by atoms with E-state index in [2.05, 4.69) is 0 Å². The molecule has 0 aromatic heterocycles. The van der Waals surface area contributed by atoms with Crippen LogP contribution in [0.3, 0.4) is 0 Å². The van der Waals surface area contributed by atoms with Crippen LogP contribution in [0.1, 0.15) is 17.7 Å². The van der Waals surface area contributed by atoms with Crippen LogP contribution in [0, 0.1) is 5.82 Å². The Bertz CT molecular complexity index is 539. The number of benzene rings is 2. The fourth-order valence-electron chi connectivity index (χ4n) is 1.93. The quantitative estimate of drug-likeness (QED) is 0.845. The number of nitrogens with two attached hydrogens (primary N) is 1. The fraction of sp³-hybridized carbons (Fsp3) is 0.250. The van der Waals surface area contributed by atoms with Gasteiger partial charge in [0.2, 0.25) is 0 Å². The van der Waals surface area contributed by atoms with Crippen molar-refractivity contribution in [1.82, 2.24) is 0 Å². The van der Waals surface area contributed by atoms with E-state index in [9.17, 15) is 4.39 Å². The molecule has 20 heavy (non-hydrogen) atoms. The van der Waals surface area contributed by atoms with Crippen LogP contribution in [0.25, 0.3) is 0 Å². The lowest BCUT2D eigenvalue weighted by atomic mass is 10.1. The summed E-state index contributed by atoms with van der Waals surface area (Å²) >= 11 is 1.67. The summed E-state index contributed by atoms with van der Waals surface area (Å²) in [6, 6.07) is 14.3. The molecule has 0 bridgehead atoms. The number of thioether (sulfide) groups is 1. The van der Waals surface area contributed by atoms with Crippen LogP contribution in [0.5, 0.6) is 5.75 Å². The van der Waals surface area contributed by atoms with E-state index in [0.29, 0.717) is 0 Å². The van der Waals surface area contributed by atoms with Crippen molar-refractivity contribution in [2.24, 2.45) is 5.73 Å². The highest BCUT2D eigenvalue weighted by molar-refractivity contribution is 7.99. The zero-order chi connectivity index (χ0) is 14.5. The van der Waals surface area contributed by atoms with Gasteiger partial charge >= 0.3 is 0 Å². The van der Waals surface area contributed by atoms with Crippen molar-refractivity contribution >= 4 is 11.8 Å². The number of halogens is 1. The third-order valence-corrected chi connectivity index (χ3v) is 4.50. The number of ether oxygens (including phenoxy) is 1. The maximum atomic E-state index is 13.0. The third kappa shape index (κ3) is 3.74. The van der Waals surface area contributed by atoms with Crippen molar-refractivity contribution in [3.63, 3.8) is 0 Å². The van der Waals surface area contributed by atoms with Gasteiger partial charge in [0.1, 0.15) is 11.6 Å². The molecule has 2 aromatic rings. The zero-order valence-electron chi connectivity index (χ0n) is 11.5. The van der Waals surface area contributed by atoms with Gasteiger partial charge in [-0.3, -0.25) is 0 Å². The van der Waals surface area contributed by atoms with Gasteiger partial charge in [-0.2, -0.15) is 0 Å². The lowest BCUT2D eigenvalue weighted by Crippen LogP contribution is -2.22. The molecule has 4 heteroatoms. The monoisotopic (exact) mass is 291 g/mol. The van der Waals surface area contributed by atoms with Crippen molar-refractivity contribution in [1.29, 1.82) is 0 Å². The van der Waals surface area contributed by atoms with E-state index in [1.165, 1.54) is 12.1 Å². The molecule has 0 aliphatic heterocycles. The summed E-state index contributed by atoms with van der Waals surface area (Å²) in [5.41, 5.74) is 7.10. The topological polar surface area (TPSA) is 35.2 Å². The molecule has 2 rings (SSSR count). The molecule has 0 amide bonds. The Balaban J connectivity index is 2.18. The normalized spacial score (nSPS) is 13.8. The molecule has 0 radical (unpaired) electrons. The van der Waals surface area contributed by atoms with E-state index >= 15 is 0 Å². The Hall–Kier alpha value is -1.52. The fourth-order valence-corrected chi connectivity index (χ4v) is 3.03. The van der Waals surface area contributed by atoms with Crippen LogP contribution >= 0.6 is 11.8 Å². The zero-order valence-corrected chi connectivity index (χ0v) is 12.4. The minimum atomic E-state index is -0.230. The molecule has 2 atom stereocenters. The molecule has 0 spiro atoms. The third-order valence-electron chi connectivity index (χ3n) is 3.00. The predicted molar refractivity (Wildman–Crippen MR) is 81.6 cm³/mol. The Morgan fingerprint density at radius 3 is 2.15 bits per heavy atom. The van der Waals surface area contributed by atoms with E-state index < -0.39 is 0 Å². The first-order valence-electron chi connectivity index (χ1n) is 6.42. The first-order valence-corrected chi connectivity index (χ1v) is 7.30. The summed E-state index contributed by atoms with van der Waals surface area (Å²) in [5, 5.41) is 0.0870. The highest BCUT2D eigenvalue weighted by atomic mass is 32.2. The van der Waals surface area contributed by atoms with Gasteiger partial charge in [0.25, 0.3) is 0 Å². The van der Waals surface area contributed by atoms with Crippen molar-refractivity contribution in [2.45, 2.75) is 23.1 Å². The van der Waals surface area contributed by atoms with Crippen molar-refractivity contribution in [3.05, 3.63) is 59.9 Å². The van der Waals surface area contributed by atoms with Gasteiger partial charge in [-0.15, -0.1) is 11.8 Å². The highest BCUT2D eigenvalue weighted by Gasteiger charge is 2.17. The van der Waals surface area contributed by atoms with Crippen LogP contribution in [0.2, 0.25) is 0 Å². The standard InChI is InChI=1S/C16H18FNOS/c1-11(18)16(12-3-5-13(17)6-4-12)20-15-9-7-14(19-2)8-10-15/h3-11,16H,18H2,1-2H3. The lowest BCUT2D eigenvalue weighted by Gasteiger charge is -2.21. The second kappa shape index (κ2) is 6.77. The minimum absolute atomic E-state index is 0.0347. The first kappa shape index (κ1) is 14.9. The summed E-state index contributed by atoms with van der Waals surface area (Å²) < 4.78 is 18.2. The maximum Gasteiger partial charge on any atom is 0.123 e. The molecule has 0 fully saturated rings. The molecular weight excluding hydrogens is 273 g/mol. The molecule has 106 valence electrons. The van der Waals surface area contributed by atoms with Crippen molar-refractivity contribution in [3.8, 4) is 5.75 Å². The molecule has 0 heterocycles. The Labute approximate surface area is 123 Å². The molecular formula is C16H18FNOS. The first-order chi connectivity index (χ1) is 9.60. The van der Waals surface area contributed by atoms with Crippen LogP contribution in [0.15, 0.2) is 53.4 Å². The van der Waals surface area contributed by atoms with Gasteiger partial charge in [0.15, 0.2) is 0 Å².